The summed E-state index contributed by atoms with van der Waals surface area (Å²) in [7, 11) is 0. The van der Waals surface area contributed by atoms with Crippen molar-refractivity contribution < 1.29 is 9.53 Å². The van der Waals surface area contributed by atoms with Gasteiger partial charge in [0.2, 0.25) is 0 Å². The topological polar surface area (TPSA) is 53.9 Å². The molecule has 1 N–H and O–H groups in total. The van der Waals surface area contributed by atoms with Gasteiger partial charge in [-0.05, 0) is 65.9 Å². The quantitative estimate of drug-likeness (QED) is 0.528. The van der Waals surface area contributed by atoms with Gasteiger partial charge in [0.25, 0.3) is 5.91 Å². The van der Waals surface area contributed by atoms with Gasteiger partial charge in [-0.25, -0.2) is 10.0 Å². The number of nitrogens with zero attached hydrogens (tertiary/aromatic N) is 2. The predicted octanol–water partition coefficient (Wildman–Crippen LogP) is 6.14. The highest BCUT2D eigenvalue weighted by Crippen LogP contribution is 2.30. The molecule has 158 valence electrons. The zero-order chi connectivity index (χ0) is 21.8. The zero-order valence-electron chi connectivity index (χ0n) is 18.1. The molecule has 1 amide bonds. The van der Waals surface area contributed by atoms with Crippen LogP contribution in [-0.2, 0) is 10.2 Å². The summed E-state index contributed by atoms with van der Waals surface area (Å²) < 4.78 is 5.97. The molecule has 0 unspecified atom stereocenters. The minimum atomic E-state index is -0.0281. The average molecular weight is 414 g/mol. The van der Waals surface area contributed by atoms with Crippen LogP contribution in [0.4, 0.5) is 11.4 Å². The van der Waals surface area contributed by atoms with E-state index in [-0.39, 0.29) is 17.7 Å². The van der Waals surface area contributed by atoms with E-state index in [9.17, 15) is 4.79 Å². The molecule has 1 fully saturated rings. The van der Waals surface area contributed by atoms with Crippen molar-refractivity contribution in [1.82, 2.24) is 5.43 Å². The van der Waals surface area contributed by atoms with E-state index in [1.165, 1.54) is 10.6 Å². The molecule has 0 saturated carbocycles. The first-order valence-corrected chi connectivity index (χ1v) is 10.6. The number of amidine groups is 1. The third-order valence-electron chi connectivity index (χ3n) is 5.68. The fraction of sp³-hybridized carbons (Fsp3) is 0.231. The SMILES string of the molecule is CCC(C)(C)c1ccc(Oc2ccc(N=C3CC(=O)N(c4ccccc4)N3)cc2)cc1. The Bertz CT molecular complexity index is 1070. The van der Waals surface area contributed by atoms with Crippen LogP contribution in [0.2, 0.25) is 0 Å². The summed E-state index contributed by atoms with van der Waals surface area (Å²) in [5.41, 5.74) is 6.11. The number of nitrogens with one attached hydrogen (secondary N) is 1. The molecule has 5 heteroatoms. The summed E-state index contributed by atoms with van der Waals surface area (Å²) in [6, 6.07) is 25.3. The molecule has 1 heterocycles. The van der Waals surface area contributed by atoms with Crippen LogP contribution in [0.25, 0.3) is 0 Å². The molecule has 1 saturated heterocycles. The highest BCUT2D eigenvalue weighted by atomic mass is 16.5. The molecule has 0 radical (unpaired) electrons. The summed E-state index contributed by atoms with van der Waals surface area (Å²) in [5.74, 6) is 2.14. The maximum atomic E-state index is 12.3. The predicted molar refractivity (Wildman–Crippen MR) is 125 cm³/mol. The molecule has 3 aromatic rings. The molecule has 0 aliphatic carbocycles. The lowest BCUT2D eigenvalue weighted by molar-refractivity contribution is -0.116. The van der Waals surface area contributed by atoms with Crippen LogP contribution in [0, 0.1) is 0 Å². The van der Waals surface area contributed by atoms with E-state index in [0.29, 0.717) is 5.84 Å². The van der Waals surface area contributed by atoms with Crippen LogP contribution in [0.3, 0.4) is 0 Å². The summed E-state index contributed by atoms with van der Waals surface area (Å²) in [6.45, 7) is 6.69. The van der Waals surface area contributed by atoms with Crippen molar-refractivity contribution in [3.05, 3.63) is 84.4 Å². The number of hydrazine groups is 1. The smallest absolute Gasteiger partial charge is 0.253 e. The number of para-hydroxylation sites is 1. The Balaban J connectivity index is 1.41. The van der Waals surface area contributed by atoms with Gasteiger partial charge in [0, 0.05) is 0 Å². The van der Waals surface area contributed by atoms with Gasteiger partial charge in [0.05, 0.1) is 17.8 Å². The van der Waals surface area contributed by atoms with E-state index >= 15 is 0 Å². The molecule has 3 aromatic carbocycles. The molecule has 0 aromatic heterocycles. The Labute approximate surface area is 183 Å². The van der Waals surface area contributed by atoms with Gasteiger partial charge in [-0.3, -0.25) is 10.2 Å². The molecular formula is C26H27N3O2. The Hall–Kier alpha value is -3.60. The van der Waals surface area contributed by atoms with Crippen molar-refractivity contribution in [2.24, 2.45) is 4.99 Å². The Morgan fingerprint density at radius 1 is 0.935 bits per heavy atom. The van der Waals surface area contributed by atoms with Gasteiger partial charge in [0.15, 0.2) is 0 Å². The summed E-state index contributed by atoms with van der Waals surface area (Å²) >= 11 is 0. The van der Waals surface area contributed by atoms with Gasteiger partial charge in [0.1, 0.15) is 17.3 Å². The van der Waals surface area contributed by atoms with E-state index in [2.05, 4.69) is 43.3 Å². The number of amides is 1. The van der Waals surface area contributed by atoms with Crippen molar-refractivity contribution in [3.8, 4) is 11.5 Å². The molecule has 0 atom stereocenters. The largest absolute Gasteiger partial charge is 0.457 e. The fourth-order valence-corrected chi connectivity index (χ4v) is 3.36. The number of hydrogen-bond acceptors (Lipinski definition) is 3. The molecule has 4 rings (SSSR count). The van der Waals surface area contributed by atoms with Crippen LogP contribution in [0.15, 0.2) is 83.9 Å². The number of carbonyl (C=O) groups excluding carboxylic acids is 1. The second kappa shape index (κ2) is 8.64. The summed E-state index contributed by atoms with van der Waals surface area (Å²) in [6.07, 6.45) is 1.33. The molecule has 0 bridgehead atoms. The first-order chi connectivity index (χ1) is 14.9. The number of hydrogen-bond donors (Lipinski definition) is 1. The minimum absolute atomic E-state index is 0.0281. The number of carbonyl (C=O) groups is 1. The number of aliphatic imine (C=N–C) groups is 1. The van der Waals surface area contributed by atoms with Gasteiger partial charge >= 0.3 is 0 Å². The van der Waals surface area contributed by atoms with E-state index in [1.54, 1.807) is 0 Å². The van der Waals surface area contributed by atoms with Crippen molar-refractivity contribution in [3.63, 3.8) is 0 Å². The van der Waals surface area contributed by atoms with Crippen LogP contribution < -0.4 is 15.2 Å². The van der Waals surface area contributed by atoms with Crippen LogP contribution in [-0.4, -0.2) is 11.7 Å². The van der Waals surface area contributed by atoms with Crippen LogP contribution in [0.1, 0.15) is 39.2 Å². The van der Waals surface area contributed by atoms with Gasteiger partial charge in [-0.2, -0.15) is 0 Å². The van der Waals surface area contributed by atoms with Crippen molar-refractivity contribution in [1.29, 1.82) is 0 Å². The highest BCUT2D eigenvalue weighted by Gasteiger charge is 2.26. The van der Waals surface area contributed by atoms with E-state index in [4.69, 9.17) is 4.74 Å². The minimum Gasteiger partial charge on any atom is -0.457 e. The maximum Gasteiger partial charge on any atom is 0.253 e. The Kier molecular flexibility index (Phi) is 5.76. The standard InChI is InChI=1S/C26H27N3O2/c1-4-26(2,3)19-10-14-22(15-11-19)31-23-16-12-20(13-17-23)27-24-18-25(30)29(28-24)21-8-6-5-7-9-21/h5-17H,4,18H2,1-3H3,(H,27,28). The molecule has 31 heavy (non-hydrogen) atoms. The lowest BCUT2D eigenvalue weighted by Gasteiger charge is -2.23. The summed E-state index contributed by atoms with van der Waals surface area (Å²) in [4.78, 5) is 16.9. The van der Waals surface area contributed by atoms with Crippen molar-refractivity contribution >= 4 is 23.1 Å². The van der Waals surface area contributed by atoms with E-state index in [0.717, 1.165) is 29.3 Å². The normalized spacial score (nSPS) is 15.3. The Morgan fingerprint density at radius 3 is 2.16 bits per heavy atom. The maximum absolute atomic E-state index is 12.3. The third kappa shape index (κ3) is 4.77. The Morgan fingerprint density at radius 2 is 1.55 bits per heavy atom. The lowest BCUT2D eigenvalue weighted by Crippen LogP contribution is -2.35. The van der Waals surface area contributed by atoms with Gasteiger partial charge in [-0.1, -0.05) is 51.1 Å². The van der Waals surface area contributed by atoms with E-state index in [1.807, 2.05) is 66.7 Å². The molecule has 0 spiro atoms. The first-order valence-electron chi connectivity index (χ1n) is 10.6. The number of ether oxygens (including phenoxy) is 1. The first kappa shape index (κ1) is 20.7. The zero-order valence-corrected chi connectivity index (χ0v) is 18.1. The van der Waals surface area contributed by atoms with Gasteiger partial charge in [-0.15, -0.1) is 0 Å². The fourth-order valence-electron chi connectivity index (χ4n) is 3.36. The lowest BCUT2D eigenvalue weighted by atomic mass is 9.82. The molecule has 5 nitrogen and oxygen atoms in total. The van der Waals surface area contributed by atoms with Crippen molar-refractivity contribution in [2.45, 2.75) is 39.0 Å². The number of rotatable bonds is 6. The highest BCUT2D eigenvalue weighted by molar-refractivity contribution is 6.14. The number of anilines is 1. The average Bonchev–Trinajstić information content (AvgIpc) is 3.16. The van der Waals surface area contributed by atoms with Crippen molar-refractivity contribution in [2.75, 3.05) is 5.01 Å². The second-order valence-electron chi connectivity index (χ2n) is 8.27. The monoisotopic (exact) mass is 413 g/mol. The molecular weight excluding hydrogens is 386 g/mol. The third-order valence-corrected chi connectivity index (χ3v) is 5.68. The summed E-state index contributed by atoms with van der Waals surface area (Å²) in [5, 5.41) is 1.53. The molecule has 1 aliphatic rings. The van der Waals surface area contributed by atoms with Crippen LogP contribution >= 0.6 is 0 Å². The second-order valence-corrected chi connectivity index (χ2v) is 8.27. The van der Waals surface area contributed by atoms with Crippen LogP contribution in [0.5, 0.6) is 11.5 Å². The van der Waals surface area contributed by atoms with E-state index < -0.39 is 0 Å². The van der Waals surface area contributed by atoms with Gasteiger partial charge < -0.3 is 4.74 Å². The molecule has 1 aliphatic heterocycles. The number of benzene rings is 3.